The molecule has 1 aromatic carbocycles. The first-order chi connectivity index (χ1) is 16.3. The van der Waals surface area contributed by atoms with Gasteiger partial charge in [-0.1, -0.05) is 18.0 Å². The highest BCUT2D eigenvalue weighted by molar-refractivity contribution is 6.31. The number of fused-ring (bicyclic) bond motifs is 2. The van der Waals surface area contributed by atoms with Crippen LogP contribution in [0.25, 0.3) is 5.57 Å². The third kappa shape index (κ3) is 4.49. The monoisotopic (exact) mass is 485 g/mol. The lowest BCUT2D eigenvalue weighted by molar-refractivity contribution is 0.0763. The summed E-state index contributed by atoms with van der Waals surface area (Å²) in [7, 11) is 0. The van der Waals surface area contributed by atoms with Crippen LogP contribution >= 0.6 is 11.6 Å². The number of nitrogens with zero attached hydrogens (tertiary/aromatic N) is 3. The van der Waals surface area contributed by atoms with Gasteiger partial charge in [0.05, 0.1) is 35.1 Å². The van der Waals surface area contributed by atoms with Crippen molar-refractivity contribution in [3.63, 3.8) is 0 Å². The van der Waals surface area contributed by atoms with Crippen molar-refractivity contribution in [1.29, 1.82) is 0 Å². The Hall–Kier alpha value is -2.71. The topological polar surface area (TPSA) is 93.4 Å². The fraction of sp³-hybridized carbons (Fsp3) is 0.480. The zero-order valence-corrected chi connectivity index (χ0v) is 20.2. The van der Waals surface area contributed by atoms with E-state index in [-0.39, 0.29) is 30.9 Å². The normalized spacial score (nSPS) is 24.5. The molecule has 0 spiro atoms. The highest BCUT2D eigenvalue weighted by Crippen LogP contribution is 2.32. The Balaban J connectivity index is 1.35. The number of aryl methyl sites for hydroxylation is 2. The predicted octanol–water partition coefficient (Wildman–Crippen LogP) is 3.76. The summed E-state index contributed by atoms with van der Waals surface area (Å²) < 4.78 is 20.4. The number of benzene rings is 1. The number of piperidine rings is 2. The average molecular weight is 486 g/mol. The molecule has 0 radical (unpaired) electrons. The molecule has 3 N–H and O–H groups in total. The van der Waals surface area contributed by atoms with Gasteiger partial charge in [-0.05, 0) is 51.7 Å². The number of aromatic nitrogens is 2. The fourth-order valence-corrected chi connectivity index (χ4v) is 5.36. The van der Waals surface area contributed by atoms with E-state index in [9.17, 15) is 9.18 Å². The van der Waals surface area contributed by atoms with Gasteiger partial charge in [0, 0.05) is 29.4 Å². The van der Waals surface area contributed by atoms with Crippen LogP contribution in [0.3, 0.4) is 0 Å². The maximum Gasteiger partial charge on any atom is 0.258 e. The Labute approximate surface area is 203 Å². The minimum atomic E-state index is -0.430. The Morgan fingerprint density at radius 1 is 1.18 bits per heavy atom. The predicted molar refractivity (Wildman–Crippen MR) is 128 cm³/mol. The standard InChI is InChI=1S/C25H29ClFN5O2/c1-13-23(26)14(2)30-24(29-13)20-11-32(12-21(20)28)25(33)19-7-6-15(27)8-22(19)34-18-9-16-4-3-5-17(10-18)31-16/h6-8,16-18,31H,3-5,9-12,28H2,1-2H3/t16-,17+,18?. The number of hydrogen-bond donors (Lipinski definition) is 2. The first-order valence-electron chi connectivity index (χ1n) is 11.8. The molecule has 3 aliphatic rings. The maximum atomic E-state index is 14.2. The lowest BCUT2D eigenvalue weighted by atomic mass is 9.85. The van der Waals surface area contributed by atoms with Crippen LogP contribution in [0.4, 0.5) is 4.39 Å². The smallest absolute Gasteiger partial charge is 0.258 e. The maximum absolute atomic E-state index is 14.2. The third-order valence-corrected chi connectivity index (χ3v) is 7.52. The zero-order valence-electron chi connectivity index (χ0n) is 19.4. The molecular weight excluding hydrogens is 457 g/mol. The summed E-state index contributed by atoms with van der Waals surface area (Å²) in [5, 5.41) is 4.15. The summed E-state index contributed by atoms with van der Waals surface area (Å²) in [6.07, 6.45) is 5.14. The molecule has 34 heavy (non-hydrogen) atoms. The second kappa shape index (κ2) is 9.15. The van der Waals surface area contributed by atoms with Gasteiger partial charge in [0.1, 0.15) is 17.7 Å². The number of carbonyl (C=O) groups excluding carboxylic acids is 1. The molecule has 1 unspecified atom stereocenters. The van der Waals surface area contributed by atoms with E-state index in [0.717, 1.165) is 25.7 Å². The molecule has 0 saturated carbocycles. The zero-order chi connectivity index (χ0) is 24.0. The molecule has 1 aromatic heterocycles. The number of nitrogens with one attached hydrogen (secondary N) is 1. The summed E-state index contributed by atoms with van der Waals surface area (Å²) in [4.78, 5) is 24.0. The minimum absolute atomic E-state index is 0.0457. The molecule has 180 valence electrons. The summed E-state index contributed by atoms with van der Waals surface area (Å²) >= 11 is 6.21. The molecule has 5 rings (SSSR count). The summed E-state index contributed by atoms with van der Waals surface area (Å²) in [5.74, 6) is 0.0749. The van der Waals surface area contributed by atoms with Gasteiger partial charge in [-0.15, -0.1) is 0 Å². The number of nitrogens with two attached hydrogens (primary N) is 1. The Kier molecular flexibility index (Phi) is 6.20. The summed E-state index contributed by atoms with van der Waals surface area (Å²) in [6, 6.07) is 4.94. The number of carbonyl (C=O) groups is 1. The van der Waals surface area contributed by atoms with Crippen LogP contribution in [0.1, 0.15) is 59.7 Å². The van der Waals surface area contributed by atoms with Crippen molar-refractivity contribution in [1.82, 2.24) is 20.2 Å². The second-order valence-corrected chi connectivity index (χ2v) is 9.92. The van der Waals surface area contributed by atoms with Crippen LogP contribution in [0.15, 0.2) is 23.9 Å². The van der Waals surface area contributed by atoms with Crippen molar-refractivity contribution in [3.05, 3.63) is 57.5 Å². The number of amides is 1. The van der Waals surface area contributed by atoms with Gasteiger partial charge in [0.2, 0.25) is 0 Å². The molecule has 1 amide bonds. The van der Waals surface area contributed by atoms with E-state index in [2.05, 4.69) is 15.3 Å². The quantitative estimate of drug-likeness (QED) is 0.684. The van der Waals surface area contributed by atoms with Crippen molar-refractivity contribution in [2.24, 2.45) is 5.73 Å². The lowest BCUT2D eigenvalue weighted by Gasteiger charge is -2.40. The van der Waals surface area contributed by atoms with E-state index >= 15 is 0 Å². The van der Waals surface area contributed by atoms with Crippen molar-refractivity contribution < 1.29 is 13.9 Å². The fourth-order valence-electron chi connectivity index (χ4n) is 5.27. The van der Waals surface area contributed by atoms with E-state index in [1.807, 2.05) is 13.8 Å². The molecule has 0 aliphatic carbocycles. The molecule has 7 nitrogen and oxygen atoms in total. The van der Waals surface area contributed by atoms with Crippen molar-refractivity contribution in [2.45, 2.75) is 64.1 Å². The van der Waals surface area contributed by atoms with Gasteiger partial charge >= 0.3 is 0 Å². The minimum Gasteiger partial charge on any atom is -0.489 e. The van der Waals surface area contributed by atoms with Crippen LogP contribution in [0.5, 0.6) is 5.75 Å². The lowest BCUT2D eigenvalue weighted by Crippen LogP contribution is -2.51. The third-order valence-electron chi connectivity index (χ3n) is 6.98. The van der Waals surface area contributed by atoms with Gasteiger partial charge < -0.3 is 20.7 Å². The highest BCUT2D eigenvalue weighted by atomic mass is 35.5. The van der Waals surface area contributed by atoms with Crippen LogP contribution in [-0.4, -0.2) is 52.1 Å². The van der Waals surface area contributed by atoms with Crippen LogP contribution in [0.2, 0.25) is 5.02 Å². The van der Waals surface area contributed by atoms with Gasteiger partial charge in [0.25, 0.3) is 5.91 Å². The van der Waals surface area contributed by atoms with E-state index in [1.165, 1.54) is 24.6 Å². The second-order valence-electron chi connectivity index (χ2n) is 9.54. The molecule has 2 fully saturated rings. The number of hydrogen-bond acceptors (Lipinski definition) is 6. The summed E-state index contributed by atoms with van der Waals surface area (Å²) in [5.41, 5.74) is 9.19. The van der Waals surface area contributed by atoms with Gasteiger partial charge in [-0.25, -0.2) is 14.4 Å². The molecule has 2 saturated heterocycles. The summed E-state index contributed by atoms with van der Waals surface area (Å²) in [6.45, 7) is 4.13. The SMILES string of the molecule is Cc1nc(C2=C(N)CN(C(=O)c3ccc(F)cc3OC3C[C@H]4CCC[C@@H](C3)N4)C2)nc(C)c1Cl. The van der Waals surface area contributed by atoms with Crippen LogP contribution < -0.4 is 15.8 Å². The Bertz CT molecular complexity index is 1130. The van der Waals surface area contributed by atoms with E-state index in [4.69, 9.17) is 22.1 Å². The van der Waals surface area contributed by atoms with Gasteiger partial charge in [0.15, 0.2) is 5.82 Å². The van der Waals surface area contributed by atoms with Gasteiger partial charge in [-0.3, -0.25) is 4.79 Å². The highest BCUT2D eigenvalue weighted by Gasteiger charge is 2.34. The molecule has 2 bridgehead atoms. The number of ether oxygens (including phenoxy) is 1. The Morgan fingerprint density at radius 3 is 2.53 bits per heavy atom. The van der Waals surface area contributed by atoms with Gasteiger partial charge in [-0.2, -0.15) is 0 Å². The van der Waals surface area contributed by atoms with Crippen molar-refractivity contribution >= 4 is 23.1 Å². The first kappa shape index (κ1) is 23.1. The molecule has 9 heteroatoms. The van der Waals surface area contributed by atoms with E-state index in [0.29, 0.717) is 51.2 Å². The van der Waals surface area contributed by atoms with E-state index < -0.39 is 5.82 Å². The van der Waals surface area contributed by atoms with E-state index in [1.54, 1.807) is 4.90 Å². The Morgan fingerprint density at radius 2 is 1.85 bits per heavy atom. The molecule has 3 atom stereocenters. The van der Waals surface area contributed by atoms with Crippen molar-refractivity contribution in [2.75, 3.05) is 13.1 Å². The molecule has 2 aromatic rings. The van der Waals surface area contributed by atoms with Crippen LogP contribution in [0, 0.1) is 19.7 Å². The molecule has 3 aliphatic heterocycles. The van der Waals surface area contributed by atoms with Crippen molar-refractivity contribution in [3.8, 4) is 5.75 Å². The number of rotatable bonds is 4. The van der Waals surface area contributed by atoms with Crippen LogP contribution in [-0.2, 0) is 0 Å². The first-order valence-corrected chi connectivity index (χ1v) is 12.2. The largest absolute Gasteiger partial charge is 0.489 e. The number of halogens is 2. The molecule has 4 heterocycles. The average Bonchev–Trinajstić information content (AvgIpc) is 3.18. The molecular formula is C25H29ClFN5O2.